The summed E-state index contributed by atoms with van der Waals surface area (Å²) in [6.45, 7) is 1.57. The molecule has 0 bridgehead atoms. The molecule has 0 radical (unpaired) electrons. The highest BCUT2D eigenvalue weighted by Gasteiger charge is 2.11. The van der Waals surface area contributed by atoms with Crippen LogP contribution in [0.15, 0.2) is 53.5 Å². The average Bonchev–Trinajstić information content (AvgIpc) is 2.73. The second-order valence-corrected chi connectivity index (χ2v) is 6.45. The average molecular weight is 398 g/mol. The van der Waals surface area contributed by atoms with E-state index >= 15 is 0 Å². The summed E-state index contributed by atoms with van der Waals surface area (Å²) < 4.78 is 0. The number of nitrogens with zero attached hydrogens (tertiary/aromatic N) is 3. The van der Waals surface area contributed by atoms with Gasteiger partial charge in [-0.1, -0.05) is 24.3 Å². The van der Waals surface area contributed by atoms with E-state index in [1.54, 1.807) is 51.5 Å². The number of benzene rings is 2. The molecule has 2 aromatic rings. The third-order valence-electron chi connectivity index (χ3n) is 4.12. The molecule has 29 heavy (non-hydrogen) atoms. The minimum Gasteiger partial charge on any atom is -0.378 e. The Morgan fingerprint density at radius 3 is 2.38 bits per heavy atom. The predicted molar refractivity (Wildman–Crippen MR) is 114 cm³/mol. The van der Waals surface area contributed by atoms with E-state index in [0.717, 1.165) is 5.56 Å². The number of nitrogens with one attached hydrogen (secondary N) is 3. The van der Waals surface area contributed by atoms with Crippen LogP contribution in [0.3, 0.4) is 0 Å². The maximum absolute atomic E-state index is 11.9. The van der Waals surface area contributed by atoms with Crippen molar-refractivity contribution in [1.29, 1.82) is 0 Å². The Hall–Kier alpha value is -3.62. The fourth-order valence-corrected chi connectivity index (χ4v) is 2.59. The third-order valence-corrected chi connectivity index (χ3v) is 4.12. The van der Waals surface area contributed by atoms with Crippen LogP contribution in [0.4, 0.5) is 11.4 Å². The smallest absolute Gasteiger partial charge is 0.292 e. The summed E-state index contributed by atoms with van der Waals surface area (Å²) in [5, 5.41) is 20.4. The number of hydrogen-bond donors (Lipinski definition) is 3. The summed E-state index contributed by atoms with van der Waals surface area (Å²) in [6.07, 6.45) is 0. The molecule has 9 nitrogen and oxygen atoms in total. The van der Waals surface area contributed by atoms with Crippen LogP contribution in [-0.2, 0) is 6.54 Å². The van der Waals surface area contributed by atoms with Crippen LogP contribution in [0.2, 0.25) is 0 Å². The summed E-state index contributed by atoms with van der Waals surface area (Å²) in [5.74, 6) is 0.580. The Morgan fingerprint density at radius 1 is 1.07 bits per heavy atom. The van der Waals surface area contributed by atoms with Gasteiger partial charge >= 0.3 is 0 Å². The van der Waals surface area contributed by atoms with Gasteiger partial charge in [0.25, 0.3) is 11.6 Å². The lowest BCUT2D eigenvalue weighted by Crippen LogP contribution is -2.39. The van der Waals surface area contributed by atoms with Crippen LogP contribution in [0.5, 0.6) is 0 Å². The van der Waals surface area contributed by atoms with Crippen LogP contribution >= 0.6 is 0 Å². The molecule has 2 rings (SSSR count). The molecular formula is C20H26N6O3. The summed E-state index contributed by atoms with van der Waals surface area (Å²) in [4.78, 5) is 28.2. The summed E-state index contributed by atoms with van der Waals surface area (Å²) in [6, 6.07) is 13.9. The predicted octanol–water partition coefficient (Wildman–Crippen LogP) is 2.07. The Labute approximate surface area is 170 Å². The van der Waals surface area contributed by atoms with Gasteiger partial charge in [-0.25, -0.2) is 0 Å². The largest absolute Gasteiger partial charge is 0.378 e. The SMILES string of the molecule is CN=C(NCCNc1ccccc1[N+](=O)[O-])NCc1ccc(C(=O)N(C)C)cc1. The molecule has 3 N–H and O–H groups in total. The minimum absolute atomic E-state index is 0.0341. The molecule has 0 saturated carbocycles. The normalized spacial score (nSPS) is 10.9. The monoisotopic (exact) mass is 398 g/mol. The van der Waals surface area contributed by atoms with Crippen LogP contribution < -0.4 is 16.0 Å². The Kier molecular flexibility index (Phi) is 7.96. The maximum atomic E-state index is 11.9. The van der Waals surface area contributed by atoms with Gasteiger partial charge in [0, 0.05) is 52.4 Å². The number of para-hydroxylation sites is 2. The van der Waals surface area contributed by atoms with Crippen molar-refractivity contribution in [3.05, 3.63) is 69.8 Å². The van der Waals surface area contributed by atoms with Crippen molar-refractivity contribution in [3.63, 3.8) is 0 Å². The molecule has 0 aliphatic rings. The van der Waals surface area contributed by atoms with E-state index in [0.29, 0.717) is 36.8 Å². The number of aliphatic imine (C=N–C) groups is 1. The number of hydrogen-bond acceptors (Lipinski definition) is 5. The number of carbonyl (C=O) groups excluding carboxylic acids is 1. The van der Waals surface area contributed by atoms with Crippen molar-refractivity contribution < 1.29 is 9.72 Å². The van der Waals surface area contributed by atoms with Gasteiger partial charge in [-0.05, 0) is 23.8 Å². The summed E-state index contributed by atoms with van der Waals surface area (Å²) >= 11 is 0. The molecule has 0 fully saturated rings. The lowest BCUT2D eigenvalue weighted by atomic mass is 10.1. The van der Waals surface area contributed by atoms with E-state index < -0.39 is 4.92 Å². The molecule has 0 atom stereocenters. The lowest BCUT2D eigenvalue weighted by Gasteiger charge is -2.13. The first-order valence-corrected chi connectivity index (χ1v) is 9.14. The van der Waals surface area contributed by atoms with Crippen LogP contribution in [0.25, 0.3) is 0 Å². The topological polar surface area (TPSA) is 112 Å². The van der Waals surface area contributed by atoms with Crippen molar-refractivity contribution in [2.24, 2.45) is 4.99 Å². The zero-order valence-corrected chi connectivity index (χ0v) is 16.8. The molecule has 0 aromatic heterocycles. The molecule has 9 heteroatoms. The Balaban J connectivity index is 1.78. The minimum atomic E-state index is -0.409. The molecule has 0 saturated heterocycles. The molecule has 154 valence electrons. The number of nitro benzene ring substituents is 1. The van der Waals surface area contributed by atoms with E-state index in [1.165, 1.54) is 11.0 Å². The van der Waals surface area contributed by atoms with Crippen molar-refractivity contribution in [1.82, 2.24) is 15.5 Å². The van der Waals surface area contributed by atoms with Crippen LogP contribution in [0, 0.1) is 10.1 Å². The van der Waals surface area contributed by atoms with E-state index in [1.807, 2.05) is 12.1 Å². The number of guanidine groups is 1. The van der Waals surface area contributed by atoms with Gasteiger partial charge in [0.05, 0.1) is 4.92 Å². The first kappa shape index (κ1) is 21.7. The molecule has 0 heterocycles. The number of amides is 1. The molecule has 1 amide bonds. The molecule has 0 aliphatic carbocycles. The molecule has 0 unspecified atom stereocenters. The van der Waals surface area contributed by atoms with Crippen LogP contribution in [-0.4, -0.2) is 55.9 Å². The van der Waals surface area contributed by atoms with E-state index in [-0.39, 0.29) is 11.6 Å². The summed E-state index contributed by atoms with van der Waals surface area (Å²) in [7, 11) is 5.11. The van der Waals surface area contributed by atoms with Crippen LogP contribution in [0.1, 0.15) is 15.9 Å². The van der Waals surface area contributed by atoms with Crippen molar-refractivity contribution in [2.75, 3.05) is 39.5 Å². The number of rotatable bonds is 8. The quantitative estimate of drug-likeness (QED) is 0.206. The molecule has 0 aliphatic heterocycles. The van der Waals surface area contributed by atoms with Crippen molar-refractivity contribution in [3.8, 4) is 0 Å². The van der Waals surface area contributed by atoms with Crippen molar-refractivity contribution >= 4 is 23.2 Å². The molecule has 2 aromatic carbocycles. The van der Waals surface area contributed by atoms with Gasteiger partial charge in [-0.3, -0.25) is 19.9 Å². The van der Waals surface area contributed by atoms with Gasteiger partial charge in [-0.2, -0.15) is 0 Å². The van der Waals surface area contributed by atoms with E-state index in [9.17, 15) is 14.9 Å². The summed E-state index contributed by atoms with van der Waals surface area (Å²) in [5.41, 5.74) is 2.18. The van der Waals surface area contributed by atoms with Crippen molar-refractivity contribution in [2.45, 2.75) is 6.54 Å². The number of anilines is 1. The van der Waals surface area contributed by atoms with E-state index in [2.05, 4.69) is 20.9 Å². The molecule has 0 spiro atoms. The molecular weight excluding hydrogens is 372 g/mol. The first-order valence-electron chi connectivity index (χ1n) is 9.14. The van der Waals surface area contributed by atoms with Gasteiger partial charge in [0.2, 0.25) is 0 Å². The van der Waals surface area contributed by atoms with Gasteiger partial charge in [-0.15, -0.1) is 0 Å². The highest BCUT2D eigenvalue weighted by Crippen LogP contribution is 2.22. The Morgan fingerprint density at radius 2 is 1.76 bits per heavy atom. The fourth-order valence-electron chi connectivity index (χ4n) is 2.59. The highest BCUT2D eigenvalue weighted by atomic mass is 16.6. The standard InChI is InChI=1S/C20H26N6O3/c1-21-20(23-13-12-22-17-6-4-5-7-18(17)26(28)29)24-14-15-8-10-16(11-9-15)19(27)25(2)3/h4-11,22H,12-14H2,1-3H3,(H2,21,23,24). The number of carbonyl (C=O) groups is 1. The maximum Gasteiger partial charge on any atom is 0.292 e. The fraction of sp³-hybridized carbons (Fsp3) is 0.300. The zero-order valence-electron chi connectivity index (χ0n) is 16.8. The van der Waals surface area contributed by atoms with Gasteiger partial charge in [0.1, 0.15) is 5.69 Å². The van der Waals surface area contributed by atoms with Gasteiger partial charge < -0.3 is 20.9 Å². The van der Waals surface area contributed by atoms with Gasteiger partial charge in [0.15, 0.2) is 5.96 Å². The second kappa shape index (κ2) is 10.6. The lowest BCUT2D eigenvalue weighted by molar-refractivity contribution is -0.384. The number of nitro groups is 1. The highest BCUT2D eigenvalue weighted by molar-refractivity contribution is 5.93. The van der Waals surface area contributed by atoms with E-state index in [4.69, 9.17) is 0 Å². The third kappa shape index (κ3) is 6.49. The first-order chi connectivity index (χ1) is 13.9. The second-order valence-electron chi connectivity index (χ2n) is 6.45. The Bertz CT molecular complexity index is 865. The zero-order chi connectivity index (χ0) is 21.2.